The quantitative estimate of drug-likeness (QED) is 0.363. The van der Waals surface area contributed by atoms with Crippen LogP contribution in [0.4, 0.5) is 33.3 Å². The van der Waals surface area contributed by atoms with Gasteiger partial charge < -0.3 is 19.7 Å². The summed E-state index contributed by atoms with van der Waals surface area (Å²) in [5.41, 5.74) is 2.78. The highest BCUT2D eigenvalue weighted by atomic mass is 19.4. The molecule has 1 atom stereocenters. The molecule has 2 fully saturated rings. The second kappa shape index (κ2) is 11.2. The fourth-order valence-corrected chi connectivity index (χ4v) is 6.37. The van der Waals surface area contributed by atoms with Crippen LogP contribution < -0.4 is 15.0 Å². The minimum Gasteiger partial charge on any atom is -0.406 e. The van der Waals surface area contributed by atoms with E-state index in [9.17, 15) is 26.7 Å². The number of anilines is 2. The number of rotatable bonds is 5. The Hall–Kier alpha value is -3.70. The van der Waals surface area contributed by atoms with E-state index >= 15 is 0 Å². The van der Waals surface area contributed by atoms with Gasteiger partial charge in [0.25, 0.3) is 0 Å². The SMILES string of the molecule is O=C1c2ccc(N3CCOCC3)cc2NC2(CCN(Cc3ccc(F)c(F)c3)CC2)C1c1ccc(OC(F)(F)F)cc1. The maximum absolute atomic E-state index is 14.2. The van der Waals surface area contributed by atoms with Crippen LogP contribution in [0.2, 0.25) is 0 Å². The molecule has 0 radical (unpaired) electrons. The van der Waals surface area contributed by atoms with Crippen LogP contribution in [0.15, 0.2) is 60.7 Å². The minimum absolute atomic E-state index is 0.101. The number of piperidine rings is 1. The van der Waals surface area contributed by atoms with E-state index in [1.165, 1.54) is 30.3 Å². The summed E-state index contributed by atoms with van der Waals surface area (Å²) in [6, 6.07) is 15.1. The molecule has 3 aliphatic rings. The highest BCUT2D eigenvalue weighted by molar-refractivity contribution is 6.09. The lowest BCUT2D eigenvalue weighted by atomic mass is 9.67. The zero-order chi connectivity index (χ0) is 29.5. The summed E-state index contributed by atoms with van der Waals surface area (Å²) in [5.74, 6) is -2.90. The van der Waals surface area contributed by atoms with Crippen molar-refractivity contribution < 1.29 is 36.2 Å². The first-order valence-corrected chi connectivity index (χ1v) is 13.9. The molecule has 0 amide bonds. The Balaban J connectivity index is 1.30. The molecular formula is C31H30F5N3O3. The van der Waals surface area contributed by atoms with Crippen molar-refractivity contribution >= 4 is 17.2 Å². The lowest BCUT2D eigenvalue weighted by molar-refractivity contribution is -0.274. The smallest absolute Gasteiger partial charge is 0.406 e. The first-order valence-electron chi connectivity index (χ1n) is 13.9. The van der Waals surface area contributed by atoms with Crippen molar-refractivity contribution in [2.45, 2.75) is 37.2 Å². The highest BCUT2D eigenvalue weighted by Gasteiger charge is 2.49. The predicted octanol–water partition coefficient (Wildman–Crippen LogP) is 6.13. The Morgan fingerprint density at radius 1 is 0.905 bits per heavy atom. The van der Waals surface area contributed by atoms with Crippen LogP contribution in [0.5, 0.6) is 5.75 Å². The van der Waals surface area contributed by atoms with Gasteiger partial charge in [-0.2, -0.15) is 0 Å². The number of morpholine rings is 1. The summed E-state index contributed by atoms with van der Waals surface area (Å²) in [6.07, 6.45) is -3.72. The fraction of sp³-hybridized carbons (Fsp3) is 0.387. The monoisotopic (exact) mass is 587 g/mol. The van der Waals surface area contributed by atoms with E-state index in [-0.39, 0.29) is 11.5 Å². The Bertz CT molecular complexity index is 1450. The van der Waals surface area contributed by atoms with E-state index in [4.69, 9.17) is 4.74 Å². The van der Waals surface area contributed by atoms with Gasteiger partial charge in [0.05, 0.1) is 24.7 Å². The van der Waals surface area contributed by atoms with Gasteiger partial charge in [0.15, 0.2) is 17.4 Å². The Morgan fingerprint density at radius 2 is 1.62 bits per heavy atom. The maximum atomic E-state index is 14.2. The molecule has 3 heterocycles. The fourth-order valence-electron chi connectivity index (χ4n) is 6.37. The largest absolute Gasteiger partial charge is 0.573 e. The van der Waals surface area contributed by atoms with Crippen LogP contribution >= 0.6 is 0 Å². The molecule has 3 aromatic rings. The number of Topliss-reactive ketones (excluding diaryl/α,β-unsaturated/α-hetero) is 1. The first-order chi connectivity index (χ1) is 20.1. The third-order valence-corrected chi connectivity index (χ3v) is 8.43. The van der Waals surface area contributed by atoms with E-state index in [1.54, 1.807) is 6.07 Å². The van der Waals surface area contributed by atoms with Gasteiger partial charge in [-0.3, -0.25) is 9.69 Å². The topological polar surface area (TPSA) is 54.0 Å². The molecule has 11 heteroatoms. The van der Waals surface area contributed by atoms with Crippen molar-refractivity contribution in [3.63, 3.8) is 0 Å². The van der Waals surface area contributed by atoms with Crippen molar-refractivity contribution in [1.82, 2.24) is 4.90 Å². The Kier molecular flexibility index (Phi) is 7.57. The van der Waals surface area contributed by atoms with Gasteiger partial charge in [-0.25, -0.2) is 8.78 Å². The van der Waals surface area contributed by atoms with Gasteiger partial charge in [-0.05, 0) is 66.4 Å². The lowest BCUT2D eigenvalue weighted by Crippen LogP contribution is -2.56. The molecule has 1 N–H and O–H groups in total. The van der Waals surface area contributed by atoms with Gasteiger partial charge in [0, 0.05) is 49.7 Å². The molecule has 1 unspecified atom stereocenters. The Morgan fingerprint density at radius 3 is 2.29 bits per heavy atom. The van der Waals surface area contributed by atoms with Crippen molar-refractivity contribution in [1.29, 1.82) is 0 Å². The van der Waals surface area contributed by atoms with Crippen molar-refractivity contribution in [2.75, 3.05) is 49.6 Å². The molecule has 1 spiro atoms. The first kappa shape index (κ1) is 28.4. The van der Waals surface area contributed by atoms with Crippen molar-refractivity contribution in [2.24, 2.45) is 0 Å². The molecule has 6 nitrogen and oxygen atoms in total. The number of ether oxygens (including phenoxy) is 2. The molecule has 0 aromatic heterocycles. The van der Waals surface area contributed by atoms with E-state index < -0.39 is 29.5 Å². The van der Waals surface area contributed by atoms with Crippen LogP contribution in [0.1, 0.15) is 40.2 Å². The minimum atomic E-state index is -4.82. The van der Waals surface area contributed by atoms with Gasteiger partial charge in [-0.1, -0.05) is 18.2 Å². The number of hydrogen-bond donors (Lipinski definition) is 1. The molecule has 6 rings (SSSR count). The number of nitrogens with zero attached hydrogens (tertiary/aromatic N) is 2. The standard InChI is InChI=1S/C31H30F5N3O3/c32-25-8-1-20(17-26(25)33)19-38-11-9-30(10-12-38)28(21-2-5-23(6-3-21)42-31(34,35)36)29(40)24-7-4-22(18-27(24)37-30)39-13-15-41-16-14-39/h1-8,17-18,28,37H,9-16,19H2. The molecule has 0 aliphatic carbocycles. The molecular weight excluding hydrogens is 557 g/mol. The van der Waals surface area contributed by atoms with Crippen molar-refractivity contribution in [3.8, 4) is 5.75 Å². The number of alkyl halides is 3. The van der Waals surface area contributed by atoms with Crippen LogP contribution in [-0.4, -0.2) is 62.0 Å². The second-order valence-electron chi connectivity index (χ2n) is 11.0. The van der Waals surface area contributed by atoms with Crippen LogP contribution in [-0.2, 0) is 11.3 Å². The van der Waals surface area contributed by atoms with E-state index in [2.05, 4.69) is 19.9 Å². The van der Waals surface area contributed by atoms with Crippen LogP contribution in [0.3, 0.4) is 0 Å². The average molecular weight is 588 g/mol. The second-order valence-corrected chi connectivity index (χ2v) is 11.0. The lowest BCUT2D eigenvalue weighted by Gasteiger charge is -2.50. The molecule has 42 heavy (non-hydrogen) atoms. The van der Waals surface area contributed by atoms with E-state index in [0.717, 1.165) is 30.5 Å². The molecule has 3 aliphatic heterocycles. The Labute approximate surface area is 240 Å². The molecule has 2 saturated heterocycles. The van der Waals surface area contributed by atoms with Gasteiger partial charge in [-0.15, -0.1) is 13.2 Å². The number of halogens is 5. The van der Waals surface area contributed by atoms with Gasteiger partial charge in [0.1, 0.15) is 5.75 Å². The zero-order valence-electron chi connectivity index (χ0n) is 22.7. The average Bonchev–Trinajstić information content (AvgIpc) is 2.96. The van der Waals surface area contributed by atoms with Gasteiger partial charge in [0.2, 0.25) is 0 Å². The summed E-state index contributed by atoms with van der Waals surface area (Å²) < 4.78 is 75.1. The highest BCUT2D eigenvalue weighted by Crippen LogP contribution is 2.47. The third-order valence-electron chi connectivity index (χ3n) is 8.43. The number of likely N-dealkylation sites (tertiary alicyclic amines) is 1. The summed E-state index contributed by atoms with van der Waals surface area (Å²) in [4.78, 5) is 18.5. The number of carbonyl (C=O) groups is 1. The summed E-state index contributed by atoms with van der Waals surface area (Å²) in [6.45, 7) is 4.30. The maximum Gasteiger partial charge on any atom is 0.573 e. The van der Waals surface area contributed by atoms with Crippen molar-refractivity contribution in [3.05, 3.63) is 89.0 Å². The number of benzene rings is 3. The number of ketones is 1. The van der Waals surface area contributed by atoms with Crippen LogP contribution in [0, 0.1) is 11.6 Å². The molecule has 222 valence electrons. The molecule has 0 saturated carbocycles. The molecule has 0 bridgehead atoms. The summed E-state index contributed by atoms with van der Waals surface area (Å²) in [5, 5.41) is 3.70. The zero-order valence-corrected chi connectivity index (χ0v) is 22.7. The number of nitrogens with one attached hydrogen (secondary N) is 1. The normalized spacial score (nSPS) is 20.7. The number of carbonyl (C=O) groups excluding carboxylic acids is 1. The van der Waals surface area contributed by atoms with E-state index in [0.29, 0.717) is 62.4 Å². The molecule has 3 aromatic carbocycles. The summed E-state index contributed by atoms with van der Waals surface area (Å²) >= 11 is 0. The third kappa shape index (κ3) is 5.80. The number of hydrogen-bond acceptors (Lipinski definition) is 6. The predicted molar refractivity (Wildman–Crippen MR) is 147 cm³/mol. The van der Waals surface area contributed by atoms with Crippen LogP contribution in [0.25, 0.3) is 0 Å². The van der Waals surface area contributed by atoms with Gasteiger partial charge >= 0.3 is 6.36 Å². The number of fused-ring (bicyclic) bond motifs is 1. The summed E-state index contributed by atoms with van der Waals surface area (Å²) in [7, 11) is 0. The van der Waals surface area contributed by atoms with E-state index in [1.807, 2.05) is 18.2 Å².